The Hall–Kier alpha value is -2.86. The average Bonchev–Trinajstić information content (AvgIpc) is 2.89. The second kappa shape index (κ2) is 4.67. The third-order valence-corrected chi connectivity index (χ3v) is 3.42. The first-order valence-corrected chi connectivity index (χ1v) is 6.32. The third kappa shape index (κ3) is 1.88. The van der Waals surface area contributed by atoms with E-state index in [4.69, 9.17) is 5.26 Å². The molecule has 0 aliphatic rings. The molecule has 0 saturated carbocycles. The van der Waals surface area contributed by atoms with E-state index in [0.29, 0.717) is 11.1 Å². The monoisotopic (exact) mass is 260 g/mol. The fraction of sp³-hybridized carbons (Fsp3) is 0.0588. The van der Waals surface area contributed by atoms with Crippen LogP contribution < -0.4 is 0 Å². The lowest BCUT2D eigenvalue weighted by atomic mass is 10.1. The van der Waals surface area contributed by atoms with Gasteiger partial charge in [0.1, 0.15) is 0 Å². The van der Waals surface area contributed by atoms with Gasteiger partial charge in [0.2, 0.25) is 0 Å². The van der Waals surface area contributed by atoms with Gasteiger partial charge in [-0.25, -0.2) is 0 Å². The van der Waals surface area contributed by atoms with Crippen molar-refractivity contribution < 1.29 is 4.79 Å². The van der Waals surface area contributed by atoms with Crippen molar-refractivity contribution in [2.45, 2.75) is 6.92 Å². The zero-order chi connectivity index (χ0) is 14.1. The molecule has 96 valence electrons. The summed E-state index contributed by atoms with van der Waals surface area (Å²) in [5.74, 6) is -0.0758. The number of fused-ring (bicyclic) bond motifs is 1. The minimum absolute atomic E-state index is 0.0758. The second-order valence-electron chi connectivity index (χ2n) is 4.69. The van der Waals surface area contributed by atoms with Crippen molar-refractivity contribution in [3.8, 4) is 6.07 Å². The number of aryl methyl sites for hydroxylation is 1. The molecular formula is C17H12N2O. The standard InChI is InChI=1S/C17H12N2O/c1-12-4-2-3-5-15(12)17(20)19-9-8-14-7-6-13(11-18)10-16(14)19/h2-10H,1H3. The molecular weight excluding hydrogens is 248 g/mol. The van der Waals surface area contributed by atoms with E-state index in [1.165, 1.54) is 0 Å². The van der Waals surface area contributed by atoms with Crippen LogP contribution in [-0.2, 0) is 0 Å². The summed E-state index contributed by atoms with van der Waals surface area (Å²) in [5.41, 5.74) is 2.93. The number of nitrogens with zero attached hydrogens (tertiary/aromatic N) is 2. The number of carbonyl (C=O) groups excluding carboxylic acids is 1. The van der Waals surface area contributed by atoms with Crippen LogP contribution in [0.1, 0.15) is 21.5 Å². The zero-order valence-electron chi connectivity index (χ0n) is 11.0. The predicted molar refractivity (Wildman–Crippen MR) is 77.6 cm³/mol. The lowest BCUT2D eigenvalue weighted by molar-refractivity contribution is 0.0964. The molecule has 0 saturated heterocycles. The maximum Gasteiger partial charge on any atom is 0.262 e. The minimum Gasteiger partial charge on any atom is -0.283 e. The van der Waals surface area contributed by atoms with Crippen LogP contribution in [0.5, 0.6) is 0 Å². The molecule has 0 bridgehead atoms. The van der Waals surface area contributed by atoms with Gasteiger partial charge in [0.15, 0.2) is 0 Å². The minimum atomic E-state index is -0.0758. The summed E-state index contributed by atoms with van der Waals surface area (Å²) >= 11 is 0. The number of aromatic nitrogens is 1. The molecule has 0 fully saturated rings. The molecule has 20 heavy (non-hydrogen) atoms. The maximum atomic E-state index is 12.6. The summed E-state index contributed by atoms with van der Waals surface area (Å²) in [4.78, 5) is 12.6. The fourth-order valence-electron chi connectivity index (χ4n) is 2.32. The number of rotatable bonds is 1. The zero-order valence-corrected chi connectivity index (χ0v) is 11.0. The number of hydrogen-bond acceptors (Lipinski definition) is 2. The summed E-state index contributed by atoms with van der Waals surface area (Å²) < 4.78 is 1.60. The van der Waals surface area contributed by atoms with Crippen LogP contribution in [0.4, 0.5) is 0 Å². The Morgan fingerprint density at radius 3 is 2.70 bits per heavy atom. The number of benzene rings is 2. The van der Waals surface area contributed by atoms with E-state index in [2.05, 4.69) is 6.07 Å². The maximum absolute atomic E-state index is 12.6. The fourth-order valence-corrected chi connectivity index (χ4v) is 2.32. The van der Waals surface area contributed by atoms with Crippen LogP contribution in [-0.4, -0.2) is 10.5 Å². The molecule has 1 aromatic heterocycles. The largest absolute Gasteiger partial charge is 0.283 e. The summed E-state index contributed by atoms with van der Waals surface area (Å²) in [7, 11) is 0. The molecule has 3 aromatic rings. The Balaban J connectivity index is 2.18. The first-order valence-electron chi connectivity index (χ1n) is 6.32. The van der Waals surface area contributed by atoms with E-state index in [0.717, 1.165) is 16.5 Å². The number of nitriles is 1. The molecule has 2 aromatic carbocycles. The van der Waals surface area contributed by atoms with Crippen molar-refractivity contribution in [3.05, 3.63) is 71.4 Å². The molecule has 0 aliphatic carbocycles. The first kappa shape index (κ1) is 12.2. The summed E-state index contributed by atoms with van der Waals surface area (Å²) in [6.45, 7) is 1.92. The SMILES string of the molecule is Cc1ccccc1C(=O)n1ccc2ccc(C#N)cc21. The molecule has 1 heterocycles. The molecule has 3 rings (SSSR count). The van der Waals surface area contributed by atoms with Crippen LogP contribution in [0.15, 0.2) is 54.7 Å². The van der Waals surface area contributed by atoms with Gasteiger partial charge >= 0.3 is 0 Å². The van der Waals surface area contributed by atoms with Gasteiger partial charge in [-0.05, 0) is 36.8 Å². The lowest BCUT2D eigenvalue weighted by Crippen LogP contribution is -2.12. The van der Waals surface area contributed by atoms with E-state index >= 15 is 0 Å². The van der Waals surface area contributed by atoms with E-state index in [1.54, 1.807) is 22.9 Å². The Morgan fingerprint density at radius 2 is 1.95 bits per heavy atom. The molecule has 0 atom stereocenters. The molecule has 0 N–H and O–H groups in total. The van der Waals surface area contributed by atoms with Gasteiger partial charge in [-0.15, -0.1) is 0 Å². The van der Waals surface area contributed by atoms with E-state index in [1.807, 2.05) is 43.3 Å². The van der Waals surface area contributed by atoms with Crippen molar-refractivity contribution in [1.29, 1.82) is 5.26 Å². The molecule has 3 nitrogen and oxygen atoms in total. The quantitative estimate of drug-likeness (QED) is 0.672. The Labute approximate surface area is 116 Å². The average molecular weight is 260 g/mol. The second-order valence-corrected chi connectivity index (χ2v) is 4.69. The number of carbonyl (C=O) groups is 1. The highest BCUT2D eigenvalue weighted by Gasteiger charge is 2.13. The highest BCUT2D eigenvalue weighted by Crippen LogP contribution is 2.20. The van der Waals surface area contributed by atoms with Gasteiger partial charge in [-0.3, -0.25) is 9.36 Å². The van der Waals surface area contributed by atoms with Gasteiger partial charge in [0.05, 0.1) is 17.1 Å². The highest BCUT2D eigenvalue weighted by molar-refractivity contribution is 6.03. The molecule has 3 heteroatoms. The van der Waals surface area contributed by atoms with Crippen LogP contribution in [0.2, 0.25) is 0 Å². The van der Waals surface area contributed by atoms with Crippen LogP contribution >= 0.6 is 0 Å². The molecule has 0 radical (unpaired) electrons. The Bertz CT molecular complexity index is 853. The van der Waals surface area contributed by atoms with Crippen molar-refractivity contribution in [2.75, 3.05) is 0 Å². The van der Waals surface area contributed by atoms with E-state index < -0.39 is 0 Å². The predicted octanol–water partition coefficient (Wildman–Crippen LogP) is 3.51. The van der Waals surface area contributed by atoms with Crippen LogP contribution in [0, 0.1) is 18.3 Å². The first-order chi connectivity index (χ1) is 9.70. The molecule has 0 unspecified atom stereocenters. The lowest BCUT2D eigenvalue weighted by Gasteiger charge is -2.07. The summed E-state index contributed by atoms with van der Waals surface area (Å²) in [6.07, 6.45) is 1.75. The van der Waals surface area contributed by atoms with Gasteiger partial charge in [0.25, 0.3) is 5.91 Å². The smallest absolute Gasteiger partial charge is 0.262 e. The molecule has 0 aliphatic heterocycles. The van der Waals surface area contributed by atoms with E-state index in [9.17, 15) is 4.79 Å². The Kier molecular flexibility index (Phi) is 2.85. The van der Waals surface area contributed by atoms with Crippen molar-refractivity contribution in [1.82, 2.24) is 4.57 Å². The van der Waals surface area contributed by atoms with Gasteiger partial charge in [-0.2, -0.15) is 5.26 Å². The van der Waals surface area contributed by atoms with Crippen LogP contribution in [0.25, 0.3) is 10.9 Å². The van der Waals surface area contributed by atoms with Gasteiger partial charge < -0.3 is 0 Å². The van der Waals surface area contributed by atoms with Crippen LogP contribution in [0.3, 0.4) is 0 Å². The summed E-state index contributed by atoms with van der Waals surface area (Å²) in [5, 5.41) is 9.93. The Morgan fingerprint density at radius 1 is 1.15 bits per heavy atom. The van der Waals surface area contributed by atoms with Crippen molar-refractivity contribution >= 4 is 16.8 Å². The van der Waals surface area contributed by atoms with E-state index in [-0.39, 0.29) is 5.91 Å². The highest BCUT2D eigenvalue weighted by atomic mass is 16.2. The normalized spacial score (nSPS) is 10.4. The molecule has 0 amide bonds. The van der Waals surface area contributed by atoms with Gasteiger partial charge in [0, 0.05) is 17.1 Å². The number of hydrogen-bond donors (Lipinski definition) is 0. The third-order valence-electron chi connectivity index (χ3n) is 3.42. The van der Waals surface area contributed by atoms with Crippen molar-refractivity contribution in [2.24, 2.45) is 0 Å². The topological polar surface area (TPSA) is 45.8 Å². The van der Waals surface area contributed by atoms with Gasteiger partial charge in [-0.1, -0.05) is 24.3 Å². The summed E-state index contributed by atoms with van der Waals surface area (Å²) in [6, 6.07) is 16.8. The van der Waals surface area contributed by atoms with Crippen molar-refractivity contribution in [3.63, 3.8) is 0 Å². The molecule has 0 spiro atoms.